The zero-order valence-corrected chi connectivity index (χ0v) is 25.6. The summed E-state index contributed by atoms with van der Waals surface area (Å²) in [5, 5.41) is 4.39. The molecule has 3 heteroatoms. The van der Waals surface area contributed by atoms with Gasteiger partial charge in [-0.3, -0.25) is 15.3 Å². The van der Waals surface area contributed by atoms with E-state index in [1.165, 1.54) is 178 Å². The molecular weight excluding hydrogens is 462 g/mol. The quantitative estimate of drug-likeness (QED) is 0.356. The van der Waals surface area contributed by atoms with Crippen LogP contribution in [-0.4, -0.2) is 35.1 Å². The Morgan fingerprint density at radius 2 is 0.921 bits per heavy atom. The molecule has 4 aliphatic rings. The molecule has 38 heavy (non-hydrogen) atoms. The fraction of sp³-hybridized carbons (Fsp3) is 0.943. The predicted molar refractivity (Wildman–Crippen MR) is 167 cm³/mol. The summed E-state index contributed by atoms with van der Waals surface area (Å²) in [6.45, 7) is 4.78. The van der Waals surface area contributed by atoms with E-state index in [2.05, 4.69) is 19.2 Å². The van der Waals surface area contributed by atoms with E-state index in [9.17, 15) is 0 Å². The number of piperidine rings is 1. The molecule has 1 saturated heterocycles. The number of nitrogens with zero attached hydrogens (tertiary/aromatic N) is 2. The van der Waals surface area contributed by atoms with Gasteiger partial charge in [0.15, 0.2) is 0 Å². The van der Waals surface area contributed by atoms with Gasteiger partial charge in [0.2, 0.25) is 0 Å². The van der Waals surface area contributed by atoms with Crippen molar-refractivity contribution < 1.29 is 0 Å². The first kappa shape index (κ1) is 30.3. The summed E-state index contributed by atoms with van der Waals surface area (Å²) in [6.07, 6.45) is 36.0. The third-order valence-corrected chi connectivity index (χ3v) is 10.9. The molecule has 2 atom stereocenters. The fourth-order valence-electron chi connectivity index (χ4n) is 8.45. The SMILES string of the molecule is CC(=NC1CCCCC1)C1CCCC(C(C)=NC2CCCCC2)(C2CCCCCCCCCCCCC2)N1. The number of aliphatic imine (C=N–C) groups is 2. The van der Waals surface area contributed by atoms with Crippen LogP contribution in [0.4, 0.5) is 0 Å². The molecule has 2 unspecified atom stereocenters. The Kier molecular flexibility index (Phi) is 13.2. The third kappa shape index (κ3) is 9.17. The van der Waals surface area contributed by atoms with Crippen LogP contribution in [-0.2, 0) is 0 Å². The summed E-state index contributed by atoms with van der Waals surface area (Å²) < 4.78 is 0. The highest BCUT2D eigenvalue weighted by atomic mass is 15.1. The molecule has 1 heterocycles. The van der Waals surface area contributed by atoms with Crippen molar-refractivity contribution in [1.82, 2.24) is 5.32 Å². The van der Waals surface area contributed by atoms with E-state index in [0.717, 1.165) is 5.92 Å². The van der Waals surface area contributed by atoms with Gasteiger partial charge in [0.25, 0.3) is 0 Å². The lowest BCUT2D eigenvalue weighted by atomic mass is 9.68. The Balaban J connectivity index is 1.55. The first-order valence-electron chi connectivity index (χ1n) is 17.5. The van der Waals surface area contributed by atoms with E-state index < -0.39 is 0 Å². The van der Waals surface area contributed by atoms with Gasteiger partial charge in [-0.2, -0.15) is 0 Å². The number of nitrogens with one attached hydrogen (secondary N) is 1. The van der Waals surface area contributed by atoms with Crippen molar-refractivity contribution in [3.63, 3.8) is 0 Å². The minimum atomic E-state index is 0.0841. The Labute approximate surface area is 236 Å². The Hall–Kier alpha value is -0.700. The molecule has 4 fully saturated rings. The summed E-state index contributed by atoms with van der Waals surface area (Å²) in [5.74, 6) is 0.725. The van der Waals surface area contributed by atoms with Crippen LogP contribution in [0, 0.1) is 5.92 Å². The summed E-state index contributed by atoms with van der Waals surface area (Å²) in [4.78, 5) is 11.0. The summed E-state index contributed by atoms with van der Waals surface area (Å²) in [7, 11) is 0. The molecule has 1 N–H and O–H groups in total. The third-order valence-electron chi connectivity index (χ3n) is 10.9. The molecule has 0 aromatic rings. The standard InChI is InChI=1S/C35H63N3/c1-29(36-32-23-16-12-17-24-32)34-27-20-28-35(38-34,30(2)37-33-25-18-13-19-26-33)31-21-14-10-8-6-4-3-5-7-9-11-15-22-31/h31-34,38H,3-28H2,1-2H3. The second-order valence-electron chi connectivity index (χ2n) is 13.8. The Bertz CT molecular complexity index is 701. The molecule has 0 aromatic heterocycles. The molecule has 1 aliphatic heterocycles. The van der Waals surface area contributed by atoms with E-state index in [1.54, 1.807) is 0 Å². The van der Waals surface area contributed by atoms with E-state index in [-0.39, 0.29) is 5.54 Å². The summed E-state index contributed by atoms with van der Waals surface area (Å²) in [6, 6.07) is 1.59. The number of hydrogen-bond donors (Lipinski definition) is 1. The van der Waals surface area contributed by atoms with Gasteiger partial charge in [0.05, 0.1) is 5.54 Å². The normalized spacial score (nSPS) is 32.1. The smallest absolute Gasteiger partial charge is 0.0595 e. The van der Waals surface area contributed by atoms with Gasteiger partial charge in [0, 0.05) is 29.5 Å². The Morgan fingerprint density at radius 3 is 1.45 bits per heavy atom. The molecule has 3 aliphatic carbocycles. The second-order valence-corrected chi connectivity index (χ2v) is 13.8. The minimum Gasteiger partial charge on any atom is -0.298 e. The lowest BCUT2D eigenvalue weighted by Gasteiger charge is -2.48. The molecule has 0 bridgehead atoms. The summed E-state index contributed by atoms with van der Waals surface area (Å²) >= 11 is 0. The van der Waals surface area contributed by atoms with Gasteiger partial charge in [-0.1, -0.05) is 109 Å². The maximum absolute atomic E-state index is 5.59. The molecule has 218 valence electrons. The lowest BCUT2D eigenvalue weighted by molar-refractivity contribution is 0.188. The zero-order chi connectivity index (χ0) is 26.5. The molecular formula is C35H63N3. The summed E-state index contributed by atoms with van der Waals surface area (Å²) in [5.41, 5.74) is 2.94. The Morgan fingerprint density at radius 1 is 0.500 bits per heavy atom. The number of hydrogen-bond acceptors (Lipinski definition) is 3. The topological polar surface area (TPSA) is 36.8 Å². The van der Waals surface area contributed by atoms with Gasteiger partial charge in [0.1, 0.15) is 0 Å². The highest BCUT2D eigenvalue weighted by Crippen LogP contribution is 2.39. The van der Waals surface area contributed by atoms with Gasteiger partial charge in [-0.15, -0.1) is 0 Å². The van der Waals surface area contributed by atoms with Crippen LogP contribution in [0.25, 0.3) is 0 Å². The van der Waals surface area contributed by atoms with Crippen molar-refractivity contribution in [1.29, 1.82) is 0 Å². The second kappa shape index (κ2) is 16.5. The van der Waals surface area contributed by atoms with Gasteiger partial charge < -0.3 is 0 Å². The monoisotopic (exact) mass is 526 g/mol. The van der Waals surface area contributed by atoms with Crippen molar-refractivity contribution in [3.8, 4) is 0 Å². The maximum Gasteiger partial charge on any atom is 0.0595 e. The van der Waals surface area contributed by atoms with Crippen molar-refractivity contribution in [2.24, 2.45) is 15.9 Å². The van der Waals surface area contributed by atoms with E-state index >= 15 is 0 Å². The highest BCUT2D eigenvalue weighted by Gasteiger charge is 2.45. The average Bonchev–Trinajstić information content (AvgIpc) is 2.95. The molecule has 0 spiro atoms. The molecule has 3 nitrogen and oxygen atoms in total. The molecule has 4 rings (SSSR count). The van der Waals surface area contributed by atoms with Crippen LogP contribution < -0.4 is 5.32 Å². The van der Waals surface area contributed by atoms with Crippen molar-refractivity contribution in [3.05, 3.63) is 0 Å². The van der Waals surface area contributed by atoms with E-state index in [4.69, 9.17) is 9.98 Å². The molecule has 0 aromatic carbocycles. The molecule has 0 amide bonds. The maximum atomic E-state index is 5.59. The minimum absolute atomic E-state index is 0.0841. The number of rotatable bonds is 5. The van der Waals surface area contributed by atoms with Crippen LogP contribution in [0.5, 0.6) is 0 Å². The van der Waals surface area contributed by atoms with Crippen LogP contribution in [0.3, 0.4) is 0 Å². The first-order valence-corrected chi connectivity index (χ1v) is 17.5. The van der Waals surface area contributed by atoms with Crippen molar-refractivity contribution >= 4 is 11.4 Å². The van der Waals surface area contributed by atoms with Crippen molar-refractivity contribution in [2.75, 3.05) is 0 Å². The van der Waals surface area contributed by atoms with E-state index in [0.29, 0.717) is 18.1 Å². The molecule has 3 saturated carbocycles. The first-order chi connectivity index (χ1) is 18.7. The lowest BCUT2D eigenvalue weighted by Crippen LogP contribution is -2.64. The average molecular weight is 526 g/mol. The van der Waals surface area contributed by atoms with Crippen LogP contribution in [0.2, 0.25) is 0 Å². The van der Waals surface area contributed by atoms with Gasteiger partial charge in [-0.25, -0.2) is 0 Å². The fourth-order valence-corrected chi connectivity index (χ4v) is 8.45. The van der Waals surface area contributed by atoms with Crippen LogP contribution in [0.1, 0.15) is 181 Å². The van der Waals surface area contributed by atoms with E-state index in [1.807, 2.05) is 0 Å². The highest BCUT2D eigenvalue weighted by molar-refractivity contribution is 5.94. The zero-order valence-electron chi connectivity index (χ0n) is 25.6. The van der Waals surface area contributed by atoms with Crippen molar-refractivity contribution in [2.45, 2.75) is 204 Å². The largest absolute Gasteiger partial charge is 0.298 e. The van der Waals surface area contributed by atoms with Gasteiger partial charge in [-0.05, 0) is 77.6 Å². The molecule has 0 radical (unpaired) electrons. The van der Waals surface area contributed by atoms with Crippen LogP contribution in [0.15, 0.2) is 9.98 Å². The van der Waals surface area contributed by atoms with Gasteiger partial charge >= 0.3 is 0 Å². The van der Waals surface area contributed by atoms with Crippen LogP contribution >= 0.6 is 0 Å². The predicted octanol–water partition coefficient (Wildman–Crippen LogP) is 10.2.